The van der Waals surface area contributed by atoms with Crippen LogP contribution >= 0.6 is 11.6 Å². The highest BCUT2D eigenvalue weighted by Crippen LogP contribution is 2.38. The average Bonchev–Trinajstić information content (AvgIpc) is 3.66. The number of carbonyl (C=O) groups is 1. The minimum absolute atomic E-state index is 0.0664. The third kappa shape index (κ3) is 4.86. The van der Waals surface area contributed by atoms with E-state index in [0.717, 1.165) is 32.9 Å². The fourth-order valence-corrected chi connectivity index (χ4v) is 5.61. The van der Waals surface area contributed by atoms with Gasteiger partial charge in [0.25, 0.3) is 5.91 Å². The summed E-state index contributed by atoms with van der Waals surface area (Å²) in [5.74, 6) is -1.08. The molecule has 0 saturated carbocycles. The van der Waals surface area contributed by atoms with E-state index in [1.54, 1.807) is 6.07 Å². The van der Waals surface area contributed by atoms with Gasteiger partial charge >= 0.3 is 6.18 Å². The normalized spacial score (nSPS) is 15.7. The molecule has 0 radical (unpaired) electrons. The van der Waals surface area contributed by atoms with E-state index in [2.05, 4.69) is 5.10 Å². The number of alkyl halides is 3. The fraction of sp³-hybridized carbons (Fsp3) is 0.200. The Balaban J connectivity index is 1.29. The number of amides is 1. The Labute approximate surface area is 232 Å². The molecule has 1 fully saturated rings. The Kier molecular flexibility index (Phi) is 6.62. The summed E-state index contributed by atoms with van der Waals surface area (Å²) in [5, 5.41) is 5.30. The van der Waals surface area contributed by atoms with Crippen molar-refractivity contribution in [2.24, 2.45) is 0 Å². The maximum atomic E-state index is 14.2. The van der Waals surface area contributed by atoms with E-state index in [1.165, 1.54) is 41.3 Å². The summed E-state index contributed by atoms with van der Waals surface area (Å²) in [7, 11) is 0. The maximum absolute atomic E-state index is 14.2. The van der Waals surface area contributed by atoms with Crippen LogP contribution < -0.4 is 0 Å². The molecule has 1 amide bonds. The molecule has 0 N–H and O–H groups in total. The summed E-state index contributed by atoms with van der Waals surface area (Å²) in [6.07, 6.45) is -1.21. The lowest BCUT2D eigenvalue weighted by atomic mass is 9.98. The SMILES string of the molecule is O=C(c1cnn(-c2ccc(Cl)cc2)c1C(F)(F)F)N1CCC(c2cn(Cc3cccc(F)c3)c3ccccc23)C1. The first-order valence-corrected chi connectivity index (χ1v) is 13.1. The minimum atomic E-state index is -4.80. The number of hydrogen-bond donors (Lipinski definition) is 0. The summed E-state index contributed by atoms with van der Waals surface area (Å²) in [4.78, 5) is 14.9. The van der Waals surface area contributed by atoms with Crippen molar-refractivity contribution >= 4 is 28.4 Å². The second-order valence-electron chi connectivity index (χ2n) is 9.89. The van der Waals surface area contributed by atoms with Crippen LogP contribution in [-0.4, -0.2) is 38.2 Å². The lowest BCUT2D eigenvalue weighted by molar-refractivity contribution is -0.143. The smallest absolute Gasteiger partial charge is 0.343 e. The van der Waals surface area contributed by atoms with Crippen LogP contribution in [0.5, 0.6) is 0 Å². The maximum Gasteiger partial charge on any atom is 0.434 e. The van der Waals surface area contributed by atoms with Crippen LogP contribution in [0.3, 0.4) is 0 Å². The van der Waals surface area contributed by atoms with Crippen molar-refractivity contribution in [1.82, 2.24) is 19.2 Å². The monoisotopic (exact) mass is 566 g/mol. The lowest BCUT2D eigenvalue weighted by Gasteiger charge is -2.18. The highest BCUT2D eigenvalue weighted by Gasteiger charge is 2.42. The molecule has 10 heteroatoms. The molecule has 0 aliphatic carbocycles. The summed E-state index contributed by atoms with van der Waals surface area (Å²) < 4.78 is 59.1. The Morgan fingerprint density at radius 1 is 1.02 bits per heavy atom. The molecule has 0 spiro atoms. The second-order valence-corrected chi connectivity index (χ2v) is 10.3. The van der Waals surface area contributed by atoms with Gasteiger partial charge in [-0.1, -0.05) is 41.9 Å². The van der Waals surface area contributed by atoms with Gasteiger partial charge in [0.05, 0.1) is 17.4 Å². The van der Waals surface area contributed by atoms with Gasteiger partial charge < -0.3 is 9.47 Å². The molecule has 204 valence electrons. The van der Waals surface area contributed by atoms with Crippen molar-refractivity contribution in [2.45, 2.75) is 25.1 Å². The molecule has 1 aliphatic heterocycles. The molecule has 3 heterocycles. The average molecular weight is 567 g/mol. The molecule has 1 aliphatic rings. The van der Waals surface area contributed by atoms with Gasteiger partial charge in [-0.05, 0) is 60.0 Å². The third-order valence-electron chi connectivity index (χ3n) is 7.32. The minimum Gasteiger partial charge on any atom is -0.343 e. The van der Waals surface area contributed by atoms with Gasteiger partial charge in [0.1, 0.15) is 5.82 Å². The summed E-state index contributed by atoms with van der Waals surface area (Å²) in [6.45, 7) is 1.05. The summed E-state index contributed by atoms with van der Waals surface area (Å²) >= 11 is 5.89. The molecule has 1 atom stereocenters. The van der Waals surface area contributed by atoms with E-state index in [1.807, 2.05) is 41.1 Å². The predicted molar refractivity (Wildman–Crippen MR) is 144 cm³/mol. The van der Waals surface area contributed by atoms with Crippen LogP contribution in [0.15, 0.2) is 85.2 Å². The van der Waals surface area contributed by atoms with Crippen LogP contribution in [0.1, 0.15) is 39.5 Å². The number of benzene rings is 3. The first kappa shape index (κ1) is 26.1. The molecule has 1 unspecified atom stereocenters. The van der Waals surface area contributed by atoms with Crippen LogP contribution in [0.4, 0.5) is 17.6 Å². The van der Waals surface area contributed by atoms with Gasteiger partial charge in [-0.15, -0.1) is 0 Å². The van der Waals surface area contributed by atoms with Crippen LogP contribution in [0.25, 0.3) is 16.6 Å². The van der Waals surface area contributed by atoms with E-state index in [4.69, 9.17) is 11.6 Å². The van der Waals surface area contributed by atoms with Gasteiger partial charge in [0.2, 0.25) is 0 Å². The quantitative estimate of drug-likeness (QED) is 0.209. The van der Waals surface area contributed by atoms with Crippen molar-refractivity contribution in [3.05, 3.63) is 118 Å². The van der Waals surface area contributed by atoms with Crippen molar-refractivity contribution in [3.8, 4) is 5.69 Å². The van der Waals surface area contributed by atoms with Crippen molar-refractivity contribution in [3.63, 3.8) is 0 Å². The van der Waals surface area contributed by atoms with E-state index in [0.29, 0.717) is 24.5 Å². The zero-order chi connectivity index (χ0) is 28.0. The summed E-state index contributed by atoms with van der Waals surface area (Å²) in [6, 6.07) is 20.0. The van der Waals surface area contributed by atoms with Crippen molar-refractivity contribution in [1.29, 1.82) is 0 Å². The van der Waals surface area contributed by atoms with Crippen LogP contribution in [-0.2, 0) is 12.7 Å². The fourth-order valence-electron chi connectivity index (χ4n) is 5.49. The Morgan fingerprint density at radius 3 is 2.55 bits per heavy atom. The molecular weight excluding hydrogens is 544 g/mol. The number of halogens is 5. The first-order valence-electron chi connectivity index (χ1n) is 12.7. The molecule has 1 saturated heterocycles. The van der Waals surface area contributed by atoms with Gasteiger partial charge in [0, 0.05) is 47.7 Å². The zero-order valence-electron chi connectivity index (χ0n) is 21.1. The highest BCUT2D eigenvalue weighted by molar-refractivity contribution is 6.30. The molecule has 2 aromatic heterocycles. The van der Waals surface area contributed by atoms with Crippen LogP contribution in [0.2, 0.25) is 5.02 Å². The van der Waals surface area contributed by atoms with E-state index in [-0.39, 0.29) is 24.0 Å². The van der Waals surface area contributed by atoms with Gasteiger partial charge in [-0.25, -0.2) is 9.07 Å². The predicted octanol–water partition coefficient (Wildman–Crippen LogP) is 7.32. The lowest BCUT2D eigenvalue weighted by Crippen LogP contribution is -2.30. The number of para-hydroxylation sites is 1. The molecule has 0 bridgehead atoms. The number of aromatic nitrogens is 3. The Bertz CT molecular complexity index is 1710. The van der Waals surface area contributed by atoms with Gasteiger partial charge in [-0.3, -0.25) is 4.79 Å². The highest BCUT2D eigenvalue weighted by atomic mass is 35.5. The third-order valence-corrected chi connectivity index (χ3v) is 7.57. The molecular formula is C30H23ClF4N4O. The number of carbonyl (C=O) groups excluding carboxylic acids is 1. The zero-order valence-corrected chi connectivity index (χ0v) is 21.8. The molecule has 6 rings (SSSR count). The summed E-state index contributed by atoms with van der Waals surface area (Å²) in [5.41, 5.74) is 1.34. The molecule has 5 nitrogen and oxygen atoms in total. The number of rotatable bonds is 5. The number of likely N-dealkylation sites (tertiary alicyclic amines) is 1. The molecule has 5 aromatic rings. The Morgan fingerprint density at radius 2 is 1.80 bits per heavy atom. The van der Waals surface area contributed by atoms with Crippen molar-refractivity contribution < 1.29 is 22.4 Å². The Hall–Kier alpha value is -4.11. The number of hydrogen-bond acceptors (Lipinski definition) is 2. The van der Waals surface area contributed by atoms with Gasteiger partial charge in [-0.2, -0.15) is 18.3 Å². The first-order chi connectivity index (χ1) is 19.2. The largest absolute Gasteiger partial charge is 0.434 e. The molecule has 3 aromatic carbocycles. The molecule has 40 heavy (non-hydrogen) atoms. The number of fused-ring (bicyclic) bond motifs is 1. The van der Waals surface area contributed by atoms with E-state index < -0.39 is 23.3 Å². The van der Waals surface area contributed by atoms with E-state index in [9.17, 15) is 22.4 Å². The van der Waals surface area contributed by atoms with Crippen molar-refractivity contribution in [2.75, 3.05) is 13.1 Å². The van der Waals surface area contributed by atoms with Crippen LogP contribution in [0, 0.1) is 5.82 Å². The van der Waals surface area contributed by atoms with E-state index >= 15 is 0 Å². The van der Waals surface area contributed by atoms with Gasteiger partial charge in [0.15, 0.2) is 5.69 Å². The standard InChI is InChI=1S/C30H23ClF4N4O/c31-21-8-10-23(11-9-21)39-28(30(33,34)35)25(15-36-39)29(40)37-13-12-20(17-37)26-18-38(27-7-2-1-6-24(26)27)16-19-4-3-5-22(32)14-19/h1-11,14-15,18,20H,12-13,16-17H2. The number of nitrogens with zero attached hydrogens (tertiary/aromatic N) is 4. The second kappa shape index (κ2) is 10.1. The topological polar surface area (TPSA) is 43.1 Å².